The van der Waals surface area contributed by atoms with Crippen LogP contribution in [0.25, 0.3) is 0 Å². The second-order valence-electron chi connectivity index (χ2n) is 8.63. The monoisotopic (exact) mass is 510 g/mol. The van der Waals surface area contributed by atoms with Crippen molar-refractivity contribution >= 4 is 33.9 Å². The Morgan fingerprint density at radius 2 is 0.667 bits per heavy atom. The summed E-state index contributed by atoms with van der Waals surface area (Å²) in [7, 11) is -7.40. The summed E-state index contributed by atoms with van der Waals surface area (Å²) in [5.74, 6) is -0.291. The zero-order valence-electron chi connectivity index (χ0n) is 20.6. The van der Waals surface area contributed by atoms with Gasteiger partial charge in [-0.2, -0.15) is 0 Å². The molecule has 0 spiro atoms. The van der Waals surface area contributed by atoms with Gasteiger partial charge in [0, 0.05) is 0 Å². The summed E-state index contributed by atoms with van der Waals surface area (Å²) in [6, 6.07) is 0. The van der Waals surface area contributed by atoms with E-state index in [4.69, 9.17) is 7.94 Å². The van der Waals surface area contributed by atoms with E-state index in [1.54, 1.807) is 0 Å². The van der Waals surface area contributed by atoms with Crippen molar-refractivity contribution < 1.29 is 24.8 Å². The van der Waals surface area contributed by atoms with Crippen molar-refractivity contribution in [3.05, 3.63) is 0 Å². The molecular weight excluding hydrogens is 462 g/mol. The van der Waals surface area contributed by atoms with E-state index in [0.29, 0.717) is 0 Å². The molecule has 30 heavy (non-hydrogen) atoms. The Kier molecular flexibility index (Phi) is 11.5. The molecule has 0 aromatic carbocycles. The molecule has 6 nitrogen and oxygen atoms in total. The van der Waals surface area contributed by atoms with Crippen molar-refractivity contribution in [3.8, 4) is 0 Å². The van der Waals surface area contributed by atoms with Crippen LogP contribution in [0, 0.1) is 0 Å². The summed E-state index contributed by atoms with van der Waals surface area (Å²) in [4.78, 5) is 0. The van der Waals surface area contributed by atoms with E-state index in [1.165, 1.54) is 0 Å². The molecule has 10 heteroatoms. The number of unbranched alkanes of at least 4 members (excludes halogenated alkanes) is 1. The van der Waals surface area contributed by atoms with E-state index in [9.17, 15) is 16.8 Å². The Hall–Kier alpha value is 0.680. The maximum atomic E-state index is 12.7. The molecule has 0 radical (unpaired) electrons. The standard InChI is InChI=1S/C20H48O6P2S2/c1-9-27(10-2,11-3,12-4)25-29(21,22)19-17-18-20-30(23,24)26-28(13-5,14-6,15-7)16-8/h9-20H2,1-8H3. The summed E-state index contributed by atoms with van der Waals surface area (Å²) < 4.78 is 62.7. The Morgan fingerprint density at radius 1 is 0.467 bits per heavy atom. The van der Waals surface area contributed by atoms with Crippen molar-refractivity contribution in [2.75, 3.05) is 60.8 Å². The second kappa shape index (κ2) is 11.2. The summed E-state index contributed by atoms with van der Waals surface area (Å²) in [5.41, 5.74) is 0. The topological polar surface area (TPSA) is 86.7 Å². The van der Waals surface area contributed by atoms with Crippen LogP contribution in [0.4, 0.5) is 0 Å². The normalized spacial score (nSPS) is 16.5. The third-order valence-electron chi connectivity index (χ3n) is 8.09. The molecule has 0 aliphatic rings. The van der Waals surface area contributed by atoms with E-state index in [1.807, 2.05) is 55.4 Å². The Morgan fingerprint density at radius 3 is 0.833 bits per heavy atom. The van der Waals surface area contributed by atoms with Crippen molar-refractivity contribution in [2.24, 2.45) is 0 Å². The van der Waals surface area contributed by atoms with Crippen LogP contribution in [0.15, 0.2) is 0 Å². The van der Waals surface area contributed by atoms with E-state index >= 15 is 0 Å². The molecule has 0 amide bonds. The maximum absolute atomic E-state index is 12.7. The van der Waals surface area contributed by atoms with Gasteiger partial charge in [0.1, 0.15) is 0 Å². The SMILES string of the molecule is CCP(CC)(CC)(CC)OS(=O)(=O)CCCCS(=O)(=O)OP(CC)(CC)(CC)CC. The molecule has 0 saturated carbocycles. The third kappa shape index (κ3) is 7.09. The van der Waals surface area contributed by atoms with Crippen molar-refractivity contribution in [3.63, 3.8) is 0 Å². The Balaban J connectivity index is 5.14. The first-order chi connectivity index (χ1) is 13.7. The van der Waals surface area contributed by atoms with Gasteiger partial charge >= 0.3 is 188 Å². The van der Waals surface area contributed by atoms with Crippen LogP contribution in [0.5, 0.6) is 0 Å². The number of rotatable bonds is 17. The zero-order valence-corrected chi connectivity index (χ0v) is 24.1. The van der Waals surface area contributed by atoms with E-state index < -0.39 is 33.9 Å². The summed E-state index contributed by atoms with van der Waals surface area (Å²) >= 11 is 0. The van der Waals surface area contributed by atoms with E-state index in [0.717, 1.165) is 49.3 Å². The fourth-order valence-electron chi connectivity index (χ4n) is 4.38. The van der Waals surface area contributed by atoms with Gasteiger partial charge in [-0.05, 0) is 0 Å². The Labute approximate surface area is 187 Å². The molecule has 0 saturated heterocycles. The van der Waals surface area contributed by atoms with Crippen LogP contribution in [0.3, 0.4) is 0 Å². The van der Waals surface area contributed by atoms with Crippen LogP contribution in [0.2, 0.25) is 0 Å². The molecule has 0 aliphatic carbocycles. The van der Waals surface area contributed by atoms with Gasteiger partial charge in [-0.3, -0.25) is 0 Å². The number of hydrogen-bond acceptors (Lipinski definition) is 6. The zero-order chi connectivity index (χ0) is 23.8. The first-order valence-electron chi connectivity index (χ1n) is 11.6. The first kappa shape index (κ1) is 30.7. The van der Waals surface area contributed by atoms with Gasteiger partial charge < -0.3 is 0 Å². The average molecular weight is 511 g/mol. The van der Waals surface area contributed by atoms with Crippen LogP contribution in [-0.2, 0) is 28.2 Å². The summed E-state index contributed by atoms with van der Waals surface area (Å²) in [5, 5.41) is 0. The van der Waals surface area contributed by atoms with Gasteiger partial charge in [0.15, 0.2) is 0 Å². The molecule has 186 valence electrons. The fraction of sp³-hybridized carbons (Fsp3) is 1.00. The molecule has 0 atom stereocenters. The second-order valence-corrected chi connectivity index (χ2v) is 25.4. The molecule has 0 rings (SSSR count). The van der Waals surface area contributed by atoms with Crippen molar-refractivity contribution in [2.45, 2.75) is 68.2 Å². The molecule has 0 bridgehead atoms. The minimum absolute atomic E-state index is 0.146. The molecule has 0 heterocycles. The van der Waals surface area contributed by atoms with Gasteiger partial charge in [-0.1, -0.05) is 0 Å². The third-order valence-corrected chi connectivity index (χ3v) is 27.7. The van der Waals surface area contributed by atoms with E-state index in [2.05, 4.69) is 0 Å². The molecule has 0 unspecified atom stereocenters. The van der Waals surface area contributed by atoms with Crippen LogP contribution < -0.4 is 0 Å². The average Bonchev–Trinajstić information content (AvgIpc) is 2.74. The fourth-order valence-corrected chi connectivity index (χ4v) is 20.0. The van der Waals surface area contributed by atoms with Crippen molar-refractivity contribution in [1.29, 1.82) is 0 Å². The van der Waals surface area contributed by atoms with Gasteiger partial charge in [0.05, 0.1) is 0 Å². The molecular formula is C20H48O6P2S2. The van der Waals surface area contributed by atoms with E-state index in [-0.39, 0.29) is 24.3 Å². The molecule has 0 aromatic rings. The Bertz CT molecular complexity index is 630. The van der Waals surface area contributed by atoms with Crippen molar-refractivity contribution in [1.82, 2.24) is 0 Å². The first-order valence-corrected chi connectivity index (χ1v) is 20.6. The summed E-state index contributed by atoms with van der Waals surface area (Å²) in [6.07, 6.45) is 6.44. The predicted molar refractivity (Wildman–Crippen MR) is 137 cm³/mol. The van der Waals surface area contributed by atoms with Gasteiger partial charge in [-0.15, -0.1) is 0 Å². The minimum atomic E-state index is -3.70. The summed E-state index contributed by atoms with van der Waals surface area (Å²) in [6.45, 7) is 10.6. The van der Waals surface area contributed by atoms with Crippen LogP contribution in [-0.4, -0.2) is 77.6 Å². The predicted octanol–water partition coefficient (Wildman–Crippen LogP) is 5.56. The number of hydrogen-bond donors (Lipinski definition) is 0. The molecule has 0 N–H and O–H groups in total. The van der Waals surface area contributed by atoms with Crippen LogP contribution in [0.1, 0.15) is 68.2 Å². The molecule has 0 fully saturated rings. The van der Waals surface area contributed by atoms with Gasteiger partial charge in [0.2, 0.25) is 0 Å². The molecule has 0 aliphatic heterocycles. The molecule has 0 aromatic heterocycles. The van der Waals surface area contributed by atoms with Gasteiger partial charge in [0.25, 0.3) is 0 Å². The quantitative estimate of drug-likeness (QED) is 0.188. The van der Waals surface area contributed by atoms with Gasteiger partial charge in [-0.25, -0.2) is 0 Å². The van der Waals surface area contributed by atoms with Crippen LogP contribution >= 0.6 is 13.7 Å².